The van der Waals surface area contributed by atoms with E-state index in [-0.39, 0.29) is 5.78 Å². The normalized spacial score (nSPS) is 11.0. The van der Waals surface area contributed by atoms with E-state index in [4.69, 9.17) is 9.47 Å². The van der Waals surface area contributed by atoms with Crippen LogP contribution in [0.5, 0.6) is 5.75 Å². The minimum Gasteiger partial charge on any atom is -0.496 e. The molecule has 0 aliphatic heterocycles. The molecule has 0 fully saturated rings. The maximum atomic E-state index is 12.3. The second kappa shape index (κ2) is 6.57. The highest BCUT2D eigenvalue weighted by atomic mass is 16.5. The molecule has 0 aliphatic carbocycles. The van der Waals surface area contributed by atoms with E-state index < -0.39 is 0 Å². The summed E-state index contributed by atoms with van der Waals surface area (Å²) in [6.45, 7) is 0. The van der Waals surface area contributed by atoms with Gasteiger partial charge in [0.25, 0.3) is 0 Å². The van der Waals surface area contributed by atoms with E-state index >= 15 is 0 Å². The van der Waals surface area contributed by atoms with E-state index in [0.717, 1.165) is 5.56 Å². The fourth-order valence-electron chi connectivity index (χ4n) is 1.91. The van der Waals surface area contributed by atoms with Crippen LogP contribution in [0.4, 0.5) is 0 Å². The fourth-order valence-corrected chi connectivity index (χ4v) is 1.91. The molecule has 3 heteroatoms. The second-order valence-corrected chi connectivity index (χ2v) is 4.14. The standard InChI is InChI=1S/C17H16O3/c1-19-16-11-7-6-10-14(16)15(18)12-17(20-2)13-8-4-3-5-9-13/h3-12H,1-2H3/b17-12+. The van der Waals surface area contributed by atoms with Gasteiger partial charge in [-0.25, -0.2) is 0 Å². The van der Waals surface area contributed by atoms with Gasteiger partial charge in [0.15, 0.2) is 5.78 Å². The minimum absolute atomic E-state index is 0.150. The average Bonchev–Trinajstić information content (AvgIpc) is 2.53. The Morgan fingerprint density at radius 2 is 1.60 bits per heavy atom. The van der Waals surface area contributed by atoms with Gasteiger partial charge in [-0.05, 0) is 12.1 Å². The SMILES string of the molecule is CO/C(=C/C(=O)c1ccccc1OC)c1ccccc1. The first-order chi connectivity index (χ1) is 9.76. The maximum absolute atomic E-state index is 12.3. The van der Waals surface area contributed by atoms with Crippen LogP contribution in [-0.4, -0.2) is 20.0 Å². The molecule has 0 atom stereocenters. The van der Waals surface area contributed by atoms with Crippen molar-refractivity contribution in [3.05, 3.63) is 71.8 Å². The molecule has 2 aromatic rings. The first kappa shape index (κ1) is 13.9. The molecule has 0 saturated heterocycles. The maximum Gasteiger partial charge on any atom is 0.193 e. The van der Waals surface area contributed by atoms with Crippen molar-refractivity contribution in [3.63, 3.8) is 0 Å². The quantitative estimate of drug-likeness (QED) is 0.472. The number of ketones is 1. The number of ether oxygens (including phenoxy) is 2. The first-order valence-electron chi connectivity index (χ1n) is 6.24. The zero-order valence-electron chi connectivity index (χ0n) is 11.5. The molecule has 0 unspecified atom stereocenters. The molecule has 3 nitrogen and oxygen atoms in total. The Bertz CT molecular complexity index is 615. The number of methoxy groups -OCH3 is 2. The highest BCUT2D eigenvalue weighted by Gasteiger charge is 2.11. The Kier molecular flexibility index (Phi) is 4.56. The summed E-state index contributed by atoms with van der Waals surface area (Å²) >= 11 is 0. The summed E-state index contributed by atoms with van der Waals surface area (Å²) in [5, 5.41) is 0. The highest BCUT2D eigenvalue weighted by molar-refractivity contribution is 6.09. The van der Waals surface area contributed by atoms with Gasteiger partial charge < -0.3 is 9.47 Å². The minimum atomic E-state index is -0.150. The van der Waals surface area contributed by atoms with Crippen molar-refractivity contribution in [2.24, 2.45) is 0 Å². The molecule has 0 aliphatic rings. The first-order valence-corrected chi connectivity index (χ1v) is 6.24. The number of para-hydroxylation sites is 1. The Balaban J connectivity index is 2.35. The number of carbonyl (C=O) groups excluding carboxylic acids is 1. The summed E-state index contributed by atoms with van der Waals surface area (Å²) in [7, 11) is 3.10. The van der Waals surface area contributed by atoms with Crippen molar-refractivity contribution >= 4 is 11.5 Å². The van der Waals surface area contributed by atoms with Gasteiger partial charge in [-0.2, -0.15) is 0 Å². The summed E-state index contributed by atoms with van der Waals surface area (Å²) in [6, 6.07) is 16.6. The molecule has 0 heterocycles. The van der Waals surface area contributed by atoms with Gasteiger partial charge in [-0.15, -0.1) is 0 Å². The average molecular weight is 268 g/mol. The summed E-state index contributed by atoms with van der Waals surface area (Å²) in [6.07, 6.45) is 1.48. The molecular weight excluding hydrogens is 252 g/mol. The number of rotatable bonds is 5. The van der Waals surface area contributed by atoms with Crippen LogP contribution in [0.15, 0.2) is 60.7 Å². The van der Waals surface area contributed by atoms with Gasteiger partial charge >= 0.3 is 0 Å². The number of benzene rings is 2. The van der Waals surface area contributed by atoms with Crippen LogP contribution in [0.1, 0.15) is 15.9 Å². The molecule has 0 radical (unpaired) electrons. The van der Waals surface area contributed by atoms with Gasteiger partial charge in [0, 0.05) is 11.6 Å². The van der Waals surface area contributed by atoms with E-state index in [1.54, 1.807) is 32.4 Å². The van der Waals surface area contributed by atoms with Crippen LogP contribution in [0, 0.1) is 0 Å². The Morgan fingerprint density at radius 3 is 2.25 bits per heavy atom. The predicted molar refractivity (Wildman–Crippen MR) is 78.8 cm³/mol. The van der Waals surface area contributed by atoms with Gasteiger partial charge in [0.1, 0.15) is 11.5 Å². The summed E-state index contributed by atoms with van der Waals surface area (Å²) in [5.41, 5.74) is 1.37. The van der Waals surface area contributed by atoms with E-state index in [0.29, 0.717) is 17.1 Å². The van der Waals surface area contributed by atoms with Crippen molar-refractivity contribution in [3.8, 4) is 5.75 Å². The van der Waals surface area contributed by atoms with Gasteiger partial charge in [-0.1, -0.05) is 42.5 Å². The lowest BCUT2D eigenvalue weighted by Gasteiger charge is -2.08. The van der Waals surface area contributed by atoms with Crippen molar-refractivity contribution in [2.45, 2.75) is 0 Å². The number of allylic oxidation sites excluding steroid dienone is 1. The van der Waals surface area contributed by atoms with E-state index in [2.05, 4.69) is 0 Å². The Labute approximate surface area is 118 Å². The molecule has 0 saturated carbocycles. The van der Waals surface area contributed by atoms with Crippen molar-refractivity contribution < 1.29 is 14.3 Å². The lowest BCUT2D eigenvalue weighted by molar-refractivity contribution is 0.104. The molecular formula is C17H16O3. The van der Waals surface area contributed by atoms with Gasteiger partial charge in [0.2, 0.25) is 0 Å². The molecule has 0 aromatic heterocycles. The third-order valence-electron chi connectivity index (χ3n) is 2.91. The molecule has 20 heavy (non-hydrogen) atoms. The zero-order chi connectivity index (χ0) is 14.4. The highest BCUT2D eigenvalue weighted by Crippen LogP contribution is 2.21. The summed E-state index contributed by atoms with van der Waals surface area (Å²) < 4.78 is 10.5. The largest absolute Gasteiger partial charge is 0.496 e. The Morgan fingerprint density at radius 1 is 0.950 bits per heavy atom. The third-order valence-corrected chi connectivity index (χ3v) is 2.91. The van der Waals surface area contributed by atoms with Crippen LogP contribution < -0.4 is 4.74 Å². The molecule has 2 rings (SSSR count). The van der Waals surface area contributed by atoms with Gasteiger partial charge in [0.05, 0.1) is 19.8 Å². The van der Waals surface area contributed by atoms with Crippen LogP contribution in [0.2, 0.25) is 0 Å². The van der Waals surface area contributed by atoms with E-state index in [1.165, 1.54) is 6.08 Å². The van der Waals surface area contributed by atoms with Crippen LogP contribution in [0.3, 0.4) is 0 Å². The number of hydrogen-bond donors (Lipinski definition) is 0. The van der Waals surface area contributed by atoms with E-state index in [9.17, 15) is 4.79 Å². The second-order valence-electron chi connectivity index (χ2n) is 4.14. The molecule has 0 bridgehead atoms. The topological polar surface area (TPSA) is 35.5 Å². The molecule has 0 amide bonds. The van der Waals surface area contributed by atoms with Crippen LogP contribution in [-0.2, 0) is 4.74 Å². The lowest BCUT2D eigenvalue weighted by atomic mass is 10.1. The third kappa shape index (κ3) is 3.06. The van der Waals surface area contributed by atoms with Crippen molar-refractivity contribution in [2.75, 3.05) is 14.2 Å². The monoisotopic (exact) mass is 268 g/mol. The molecule has 0 N–H and O–H groups in total. The molecule has 0 spiro atoms. The number of hydrogen-bond acceptors (Lipinski definition) is 3. The van der Waals surface area contributed by atoms with Crippen LogP contribution >= 0.6 is 0 Å². The van der Waals surface area contributed by atoms with Gasteiger partial charge in [-0.3, -0.25) is 4.79 Å². The lowest BCUT2D eigenvalue weighted by Crippen LogP contribution is -2.00. The smallest absolute Gasteiger partial charge is 0.193 e. The van der Waals surface area contributed by atoms with Crippen LogP contribution in [0.25, 0.3) is 5.76 Å². The van der Waals surface area contributed by atoms with Crippen molar-refractivity contribution in [1.82, 2.24) is 0 Å². The van der Waals surface area contributed by atoms with E-state index in [1.807, 2.05) is 36.4 Å². The van der Waals surface area contributed by atoms with Crippen molar-refractivity contribution in [1.29, 1.82) is 0 Å². The number of carbonyl (C=O) groups is 1. The predicted octanol–water partition coefficient (Wildman–Crippen LogP) is 3.57. The summed E-state index contributed by atoms with van der Waals surface area (Å²) in [5.74, 6) is 0.932. The molecule has 102 valence electrons. The Hall–Kier alpha value is -2.55. The zero-order valence-corrected chi connectivity index (χ0v) is 11.5. The summed E-state index contributed by atoms with van der Waals surface area (Å²) in [4.78, 5) is 12.3. The molecule has 2 aromatic carbocycles. The fraction of sp³-hybridized carbons (Fsp3) is 0.118.